The molecule has 3 heteroatoms. The zero-order valence-electron chi connectivity index (χ0n) is 12.3. The standard InChI is InChI=1S/C17H21NOS/c1-13-7-4-5-9-16(13)17(19)12-18(3)14(2)11-15-8-6-10-20-15/h4-10,14H,11-12H2,1-3H3. The number of likely N-dealkylation sites (N-methyl/N-ethyl adjacent to an activating group) is 1. The maximum atomic E-state index is 12.3. The third-order valence-electron chi connectivity index (χ3n) is 3.67. The number of benzene rings is 1. The fraction of sp³-hybridized carbons (Fsp3) is 0.353. The first-order valence-corrected chi connectivity index (χ1v) is 7.77. The van der Waals surface area contributed by atoms with Gasteiger partial charge in [0.25, 0.3) is 0 Å². The summed E-state index contributed by atoms with van der Waals surface area (Å²) in [7, 11) is 2.02. The Kier molecular flexibility index (Phi) is 5.10. The molecule has 0 bridgehead atoms. The molecule has 0 saturated heterocycles. The summed E-state index contributed by atoms with van der Waals surface area (Å²) in [5.74, 6) is 0.198. The van der Waals surface area contributed by atoms with E-state index in [1.807, 2.05) is 38.2 Å². The number of nitrogens with zero attached hydrogens (tertiary/aromatic N) is 1. The molecule has 1 atom stereocenters. The minimum atomic E-state index is 0.198. The molecule has 1 heterocycles. The lowest BCUT2D eigenvalue weighted by Crippen LogP contribution is -2.35. The van der Waals surface area contributed by atoms with Gasteiger partial charge in [0.1, 0.15) is 0 Å². The molecule has 106 valence electrons. The van der Waals surface area contributed by atoms with Crippen molar-refractivity contribution in [1.29, 1.82) is 0 Å². The van der Waals surface area contributed by atoms with Crippen LogP contribution in [-0.4, -0.2) is 30.3 Å². The van der Waals surface area contributed by atoms with Crippen molar-refractivity contribution < 1.29 is 4.79 Å². The van der Waals surface area contributed by atoms with Crippen LogP contribution in [0.1, 0.15) is 27.7 Å². The monoisotopic (exact) mass is 287 g/mol. The van der Waals surface area contributed by atoms with E-state index in [0.29, 0.717) is 12.6 Å². The van der Waals surface area contributed by atoms with Gasteiger partial charge in [0.05, 0.1) is 6.54 Å². The first-order valence-electron chi connectivity index (χ1n) is 6.89. The molecule has 2 nitrogen and oxygen atoms in total. The van der Waals surface area contributed by atoms with Crippen molar-refractivity contribution in [1.82, 2.24) is 4.90 Å². The number of hydrogen-bond acceptors (Lipinski definition) is 3. The first kappa shape index (κ1) is 14.9. The molecule has 0 N–H and O–H groups in total. The van der Waals surface area contributed by atoms with Crippen LogP contribution in [0, 0.1) is 6.92 Å². The lowest BCUT2D eigenvalue weighted by atomic mass is 10.0. The van der Waals surface area contributed by atoms with Gasteiger partial charge in [0, 0.05) is 16.5 Å². The van der Waals surface area contributed by atoms with Crippen LogP contribution in [0.3, 0.4) is 0 Å². The van der Waals surface area contributed by atoms with E-state index in [4.69, 9.17) is 0 Å². The minimum Gasteiger partial charge on any atom is -0.296 e. The lowest BCUT2D eigenvalue weighted by Gasteiger charge is -2.23. The van der Waals surface area contributed by atoms with Crippen LogP contribution >= 0.6 is 11.3 Å². The van der Waals surface area contributed by atoms with Crippen molar-refractivity contribution in [3.8, 4) is 0 Å². The summed E-state index contributed by atoms with van der Waals surface area (Å²) < 4.78 is 0. The normalized spacial score (nSPS) is 12.6. The van der Waals surface area contributed by atoms with Crippen LogP contribution in [0.15, 0.2) is 41.8 Å². The van der Waals surface area contributed by atoms with E-state index in [1.165, 1.54) is 4.88 Å². The van der Waals surface area contributed by atoms with E-state index in [-0.39, 0.29) is 5.78 Å². The number of thiophene rings is 1. The Morgan fingerprint density at radius 2 is 2.00 bits per heavy atom. The van der Waals surface area contributed by atoms with Crippen molar-refractivity contribution >= 4 is 17.1 Å². The molecule has 1 aromatic carbocycles. The second-order valence-corrected chi connectivity index (χ2v) is 6.32. The molecule has 1 unspecified atom stereocenters. The highest BCUT2D eigenvalue weighted by Crippen LogP contribution is 2.14. The van der Waals surface area contributed by atoms with E-state index in [2.05, 4.69) is 29.3 Å². The average Bonchev–Trinajstić information content (AvgIpc) is 2.91. The number of aryl methyl sites for hydroxylation is 1. The van der Waals surface area contributed by atoms with Crippen molar-refractivity contribution in [2.45, 2.75) is 26.3 Å². The number of ketones is 1. The summed E-state index contributed by atoms with van der Waals surface area (Å²) in [5, 5.41) is 2.10. The van der Waals surface area contributed by atoms with Gasteiger partial charge in [-0.05, 0) is 44.3 Å². The van der Waals surface area contributed by atoms with E-state index in [9.17, 15) is 4.79 Å². The Labute approximate surface area is 125 Å². The molecule has 0 amide bonds. The third-order valence-corrected chi connectivity index (χ3v) is 4.57. The molecule has 0 radical (unpaired) electrons. The summed E-state index contributed by atoms with van der Waals surface area (Å²) >= 11 is 1.77. The highest BCUT2D eigenvalue weighted by molar-refractivity contribution is 7.09. The predicted molar refractivity (Wildman–Crippen MR) is 85.6 cm³/mol. The Morgan fingerprint density at radius 1 is 1.25 bits per heavy atom. The molecule has 20 heavy (non-hydrogen) atoms. The van der Waals surface area contributed by atoms with Gasteiger partial charge in [-0.3, -0.25) is 9.69 Å². The maximum Gasteiger partial charge on any atom is 0.177 e. The Balaban J connectivity index is 1.95. The van der Waals surface area contributed by atoms with Gasteiger partial charge in [-0.15, -0.1) is 11.3 Å². The Morgan fingerprint density at radius 3 is 2.65 bits per heavy atom. The minimum absolute atomic E-state index is 0.198. The van der Waals surface area contributed by atoms with Gasteiger partial charge >= 0.3 is 0 Å². The van der Waals surface area contributed by atoms with Crippen molar-refractivity contribution in [2.75, 3.05) is 13.6 Å². The summed E-state index contributed by atoms with van der Waals surface area (Å²) in [6, 6.07) is 12.4. The van der Waals surface area contributed by atoms with Crippen LogP contribution in [-0.2, 0) is 6.42 Å². The van der Waals surface area contributed by atoms with Gasteiger partial charge in [-0.2, -0.15) is 0 Å². The molecule has 0 saturated carbocycles. The lowest BCUT2D eigenvalue weighted by molar-refractivity contribution is 0.0924. The van der Waals surface area contributed by atoms with E-state index in [0.717, 1.165) is 17.5 Å². The molecule has 2 aromatic rings. The number of Topliss-reactive ketones (excluding diaryl/α,β-unsaturated/α-hetero) is 1. The number of carbonyl (C=O) groups excluding carboxylic acids is 1. The number of carbonyl (C=O) groups is 1. The summed E-state index contributed by atoms with van der Waals surface area (Å²) in [4.78, 5) is 15.8. The first-order chi connectivity index (χ1) is 9.58. The highest BCUT2D eigenvalue weighted by atomic mass is 32.1. The molecule has 0 spiro atoms. The SMILES string of the molecule is Cc1ccccc1C(=O)CN(C)C(C)Cc1cccs1. The predicted octanol–water partition coefficient (Wildman–Crippen LogP) is 3.80. The van der Waals surface area contributed by atoms with Crippen molar-refractivity contribution in [3.63, 3.8) is 0 Å². The van der Waals surface area contributed by atoms with Crippen LogP contribution in [0.5, 0.6) is 0 Å². The quantitative estimate of drug-likeness (QED) is 0.753. The van der Waals surface area contributed by atoms with Crippen molar-refractivity contribution in [3.05, 3.63) is 57.8 Å². The van der Waals surface area contributed by atoms with Gasteiger partial charge in [-0.25, -0.2) is 0 Å². The second-order valence-electron chi connectivity index (χ2n) is 5.29. The topological polar surface area (TPSA) is 20.3 Å². The van der Waals surface area contributed by atoms with Gasteiger partial charge < -0.3 is 0 Å². The smallest absolute Gasteiger partial charge is 0.177 e. The summed E-state index contributed by atoms with van der Waals surface area (Å²) in [6.45, 7) is 4.63. The van der Waals surface area contributed by atoms with Gasteiger partial charge in [0.15, 0.2) is 5.78 Å². The zero-order chi connectivity index (χ0) is 14.5. The fourth-order valence-corrected chi connectivity index (χ4v) is 3.06. The van der Waals surface area contributed by atoms with E-state index < -0.39 is 0 Å². The average molecular weight is 287 g/mol. The Bertz CT molecular complexity index is 562. The highest BCUT2D eigenvalue weighted by Gasteiger charge is 2.16. The van der Waals surface area contributed by atoms with Crippen LogP contribution < -0.4 is 0 Å². The number of hydrogen-bond donors (Lipinski definition) is 0. The molecule has 0 aliphatic carbocycles. The van der Waals surface area contributed by atoms with Gasteiger partial charge in [-0.1, -0.05) is 30.3 Å². The molecule has 0 aliphatic rings. The Hall–Kier alpha value is -1.45. The van der Waals surface area contributed by atoms with E-state index >= 15 is 0 Å². The van der Waals surface area contributed by atoms with Gasteiger partial charge in [0.2, 0.25) is 0 Å². The molecule has 1 aromatic heterocycles. The van der Waals surface area contributed by atoms with Crippen molar-refractivity contribution in [2.24, 2.45) is 0 Å². The molecular weight excluding hydrogens is 266 g/mol. The van der Waals surface area contributed by atoms with Crippen LogP contribution in [0.2, 0.25) is 0 Å². The largest absolute Gasteiger partial charge is 0.296 e. The fourth-order valence-electron chi connectivity index (χ4n) is 2.23. The maximum absolute atomic E-state index is 12.3. The van der Waals surface area contributed by atoms with Crippen LogP contribution in [0.25, 0.3) is 0 Å². The second kappa shape index (κ2) is 6.82. The molecule has 0 aliphatic heterocycles. The molecule has 2 rings (SSSR count). The zero-order valence-corrected chi connectivity index (χ0v) is 13.1. The summed E-state index contributed by atoms with van der Waals surface area (Å²) in [6.07, 6.45) is 0.995. The van der Waals surface area contributed by atoms with Crippen LogP contribution in [0.4, 0.5) is 0 Å². The van der Waals surface area contributed by atoms with E-state index in [1.54, 1.807) is 11.3 Å². The number of rotatable bonds is 6. The third kappa shape index (κ3) is 3.78. The summed E-state index contributed by atoms with van der Waals surface area (Å²) in [5.41, 5.74) is 1.89. The molecule has 0 fully saturated rings. The molecular formula is C17H21NOS.